The van der Waals surface area contributed by atoms with E-state index in [-0.39, 0.29) is 11.9 Å². The van der Waals surface area contributed by atoms with Gasteiger partial charge < -0.3 is 0 Å². The van der Waals surface area contributed by atoms with Crippen LogP contribution in [0, 0.1) is 0 Å². The molecule has 0 aliphatic heterocycles. The Kier molecular flexibility index (Phi) is 4.38. The van der Waals surface area contributed by atoms with Gasteiger partial charge in [-0.15, -0.1) is 5.10 Å². The van der Waals surface area contributed by atoms with Crippen LogP contribution in [0.3, 0.4) is 0 Å². The average molecular weight is 331 g/mol. The van der Waals surface area contributed by atoms with Crippen LogP contribution in [0.15, 0.2) is 42.9 Å². The lowest BCUT2D eigenvalue weighted by atomic mass is 10.2. The lowest BCUT2D eigenvalue weighted by Crippen LogP contribution is -2.14. The molecule has 0 bridgehead atoms. The number of carbonyl (C=O) groups is 1. The fraction of sp³-hybridized carbons (Fsp3) is 0.200. The lowest BCUT2D eigenvalue weighted by molar-refractivity contribution is 0.102. The van der Waals surface area contributed by atoms with E-state index in [1.54, 1.807) is 28.0 Å². The van der Waals surface area contributed by atoms with Crippen molar-refractivity contribution in [1.82, 2.24) is 24.5 Å². The van der Waals surface area contributed by atoms with Gasteiger partial charge in [0.25, 0.3) is 5.91 Å². The number of anilines is 1. The van der Waals surface area contributed by atoms with Crippen molar-refractivity contribution >= 4 is 23.5 Å². The van der Waals surface area contributed by atoms with Crippen molar-refractivity contribution in [1.29, 1.82) is 0 Å². The van der Waals surface area contributed by atoms with E-state index in [1.165, 1.54) is 0 Å². The quantitative estimate of drug-likeness (QED) is 0.779. The summed E-state index contributed by atoms with van der Waals surface area (Å²) in [5.41, 5.74) is 1.33. The van der Waals surface area contributed by atoms with Crippen LogP contribution in [0.2, 0.25) is 5.02 Å². The molecule has 3 rings (SSSR count). The number of halogens is 1. The van der Waals surface area contributed by atoms with Crippen molar-refractivity contribution in [3.05, 3.63) is 59.1 Å². The molecule has 0 radical (unpaired) electrons. The van der Waals surface area contributed by atoms with Gasteiger partial charge in [-0.05, 0) is 30.7 Å². The molecule has 0 saturated carbocycles. The van der Waals surface area contributed by atoms with Crippen LogP contribution in [-0.2, 0) is 13.1 Å². The number of hydrogen-bond donors (Lipinski definition) is 1. The van der Waals surface area contributed by atoms with E-state index >= 15 is 0 Å². The van der Waals surface area contributed by atoms with Crippen LogP contribution in [-0.4, -0.2) is 30.5 Å². The van der Waals surface area contributed by atoms with Gasteiger partial charge in [-0.3, -0.25) is 14.8 Å². The lowest BCUT2D eigenvalue weighted by Gasteiger charge is -2.01. The molecule has 2 aromatic heterocycles. The third-order valence-corrected chi connectivity index (χ3v) is 3.43. The summed E-state index contributed by atoms with van der Waals surface area (Å²) in [6.45, 7) is 3.18. The zero-order valence-corrected chi connectivity index (χ0v) is 13.2. The normalized spacial score (nSPS) is 10.7. The largest absolute Gasteiger partial charge is 0.288 e. The number of carbonyl (C=O) groups excluding carboxylic acids is 1. The first-order chi connectivity index (χ1) is 11.1. The second kappa shape index (κ2) is 6.62. The summed E-state index contributed by atoms with van der Waals surface area (Å²) in [5.74, 6) is -0.0965. The SMILES string of the molecule is CCn1ccc(C(=O)Nc2ncn(Cc3cccc(Cl)c3)n2)n1. The number of rotatable bonds is 5. The number of benzene rings is 1. The van der Waals surface area contributed by atoms with Crippen molar-refractivity contribution in [3.8, 4) is 0 Å². The van der Waals surface area contributed by atoms with Crippen LogP contribution >= 0.6 is 11.6 Å². The molecule has 118 valence electrons. The van der Waals surface area contributed by atoms with Crippen molar-refractivity contribution in [2.45, 2.75) is 20.0 Å². The van der Waals surface area contributed by atoms with Crippen LogP contribution in [0.4, 0.5) is 5.95 Å². The number of hydrogen-bond acceptors (Lipinski definition) is 4. The number of nitrogens with one attached hydrogen (secondary N) is 1. The maximum Gasteiger partial charge on any atom is 0.278 e. The number of amides is 1. The zero-order valence-electron chi connectivity index (χ0n) is 12.5. The summed E-state index contributed by atoms with van der Waals surface area (Å²) in [4.78, 5) is 16.1. The number of nitrogens with zero attached hydrogens (tertiary/aromatic N) is 5. The molecular formula is C15H15ClN6O. The molecule has 0 aliphatic rings. The highest BCUT2D eigenvalue weighted by Crippen LogP contribution is 2.12. The highest BCUT2D eigenvalue weighted by atomic mass is 35.5. The molecule has 2 heterocycles. The van der Waals surface area contributed by atoms with E-state index in [0.29, 0.717) is 23.8 Å². The molecule has 1 N–H and O–H groups in total. The molecule has 0 atom stereocenters. The van der Waals surface area contributed by atoms with E-state index in [4.69, 9.17) is 11.6 Å². The fourth-order valence-corrected chi connectivity index (χ4v) is 2.29. The Bertz CT molecular complexity index is 825. The van der Waals surface area contributed by atoms with Gasteiger partial charge in [0, 0.05) is 17.8 Å². The molecule has 7 nitrogen and oxygen atoms in total. The summed E-state index contributed by atoms with van der Waals surface area (Å²) in [7, 11) is 0. The first-order valence-corrected chi connectivity index (χ1v) is 7.50. The summed E-state index contributed by atoms with van der Waals surface area (Å²) in [6.07, 6.45) is 3.31. The molecule has 23 heavy (non-hydrogen) atoms. The predicted molar refractivity (Wildman–Crippen MR) is 86.4 cm³/mol. The van der Waals surface area contributed by atoms with Crippen molar-refractivity contribution in [2.75, 3.05) is 5.32 Å². The summed E-state index contributed by atoms with van der Waals surface area (Å²) < 4.78 is 3.31. The Morgan fingerprint density at radius 2 is 2.13 bits per heavy atom. The third kappa shape index (κ3) is 3.75. The van der Waals surface area contributed by atoms with Gasteiger partial charge in [-0.1, -0.05) is 23.7 Å². The molecule has 0 saturated heterocycles. The number of aryl methyl sites for hydroxylation is 1. The molecule has 3 aromatic rings. The Morgan fingerprint density at radius 1 is 1.26 bits per heavy atom. The fourth-order valence-electron chi connectivity index (χ4n) is 2.07. The van der Waals surface area contributed by atoms with E-state index < -0.39 is 0 Å². The van der Waals surface area contributed by atoms with Gasteiger partial charge >= 0.3 is 0 Å². The topological polar surface area (TPSA) is 77.6 Å². The summed E-state index contributed by atoms with van der Waals surface area (Å²) in [5, 5.41) is 11.7. The second-order valence-corrected chi connectivity index (χ2v) is 5.34. The smallest absolute Gasteiger partial charge is 0.278 e. The molecule has 1 amide bonds. The Morgan fingerprint density at radius 3 is 2.87 bits per heavy atom. The molecule has 1 aromatic carbocycles. The second-order valence-electron chi connectivity index (χ2n) is 4.91. The van der Waals surface area contributed by atoms with Crippen molar-refractivity contribution in [2.24, 2.45) is 0 Å². The average Bonchev–Trinajstić information content (AvgIpc) is 3.16. The van der Waals surface area contributed by atoms with Gasteiger partial charge in [-0.25, -0.2) is 9.67 Å². The maximum atomic E-state index is 12.1. The van der Waals surface area contributed by atoms with E-state index in [2.05, 4.69) is 20.5 Å². The van der Waals surface area contributed by atoms with Crippen LogP contribution in [0.5, 0.6) is 0 Å². The molecule has 8 heteroatoms. The van der Waals surface area contributed by atoms with Crippen molar-refractivity contribution in [3.63, 3.8) is 0 Å². The van der Waals surface area contributed by atoms with Gasteiger partial charge in [0.2, 0.25) is 5.95 Å². The Hall–Kier alpha value is -2.67. The van der Waals surface area contributed by atoms with E-state index in [1.807, 2.05) is 31.2 Å². The highest BCUT2D eigenvalue weighted by molar-refractivity contribution is 6.30. The van der Waals surface area contributed by atoms with E-state index in [0.717, 1.165) is 5.56 Å². The maximum absolute atomic E-state index is 12.1. The minimum Gasteiger partial charge on any atom is -0.288 e. The van der Waals surface area contributed by atoms with Gasteiger partial charge in [0.15, 0.2) is 5.69 Å². The highest BCUT2D eigenvalue weighted by Gasteiger charge is 2.12. The summed E-state index contributed by atoms with van der Waals surface area (Å²) >= 11 is 5.96. The minimum absolute atomic E-state index is 0.239. The monoisotopic (exact) mass is 330 g/mol. The Labute approximate surface area is 137 Å². The first kappa shape index (κ1) is 15.2. The third-order valence-electron chi connectivity index (χ3n) is 3.19. The van der Waals surface area contributed by atoms with Gasteiger partial charge in [0.1, 0.15) is 6.33 Å². The molecule has 0 unspecified atom stereocenters. The van der Waals surface area contributed by atoms with Crippen molar-refractivity contribution < 1.29 is 4.79 Å². The predicted octanol–water partition coefficient (Wildman–Crippen LogP) is 2.45. The standard InChI is InChI=1S/C15H15ClN6O/c1-2-21-7-6-13(19-21)14(23)18-15-17-10-22(20-15)9-11-4-3-5-12(16)8-11/h3-8,10H,2,9H2,1H3,(H,18,20,23). The van der Waals surface area contributed by atoms with Gasteiger partial charge in [0.05, 0.1) is 6.54 Å². The number of aromatic nitrogens is 5. The van der Waals surface area contributed by atoms with E-state index in [9.17, 15) is 4.79 Å². The van der Waals surface area contributed by atoms with Crippen LogP contribution < -0.4 is 5.32 Å². The molecule has 0 spiro atoms. The molecular weight excluding hydrogens is 316 g/mol. The molecule has 0 aliphatic carbocycles. The van der Waals surface area contributed by atoms with Gasteiger partial charge in [-0.2, -0.15) is 5.10 Å². The summed E-state index contributed by atoms with van der Waals surface area (Å²) in [6, 6.07) is 9.15. The Balaban J connectivity index is 1.66. The molecule has 0 fully saturated rings. The van der Waals surface area contributed by atoms with Crippen LogP contribution in [0.1, 0.15) is 23.0 Å². The zero-order chi connectivity index (χ0) is 16.2. The minimum atomic E-state index is -0.335. The van der Waals surface area contributed by atoms with Crippen LogP contribution in [0.25, 0.3) is 0 Å². The first-order valence-electron chi connectivity index (χ1n) is 7.13.